The van der Waals surface area contributed by atoms with Crippen molar-refractivity contribution in [2.75, 3.05) is 20.3 Å². The second-order valence-corrected chi connectivity index (χ2v) is 12.4. The molecule has 11 nitrogen and oxygen atoms in total. The van der Waals surface area contributed by atoms with Gasteiger partial charge in [-0.15, -0.1) is 0 Å². The van der Waals surface area contributed by atoms with Crippen molar-refractivity contribution in [1.29, 1.82) is 0 Å². The van der Waals surface area contributed by atoms with E-state index in [0.717, 1.165) is 25.3 Å². The van der Waals surface area contributed by atoms with Crippen LogP contribution in [0.5, 0.6) is 17.2 Å². The van der Waals surface area contributed by atoms with Gasteiger partial charge in [-0.25, -0.2) is 9.59 Å². The average Bonchev–Trinajstić information content (AvgIpc) is 3.06. The van der Waals surface area contributed by atoms with Crippen LogP contribution < -0.4 is 30.3 Å². The molecular formula is C35H34Br2N4O7. The van der Waals surface area contributed by atoms with Gasteiger partial charge in [0, 0.05) is 15.7 Å². The number of halogens is 2. The SMILES string of the molecule is CCOc1cc([C@H]2NC(=O)NC(C)=C2C(=O)OC)ccc1OC[C@H](O)N/N=C/c1cc(Br)cc(Br)c1OCc1cccc2ccccc12. The molecule has 0 spiro atoms. The summed E-state index contributed by atoms with van der Waals surface area (Å²) < 4.78 is 24.4. The van der Waals surface area contributed by atoms with Crippen LogP contribution in [-0.2, 0) is 16.1 Å². The smallest absolute Gasteiger partial charge is 0.337 e. The summed E-state index contributed by atoms with van der Waals surface area (Å²) in [5, 5.41) is 22.5. The summed E-state index contributed by atoms with van der Waals surface area (Å²) in [6.07, 6.45) is 0.380. The summed E-state index contributed by atoms with van der Waals surface area (Å²) >= 11 is 7.11. The van der Waals surface area contributed by atoms with Crippen LogP contribution in [0.3, 0.4) is 0 Å². The van der Waals surface area contributed by atoms with Gasteiger partial charge in [-0.3, -0.25) is 5.43 Å². The molecule has 13 heteroatoms. The van der Waals surface area contributed by atoms with E-state index in [9.17, 15) is 14.7 Å². The largest absolute Gasteiger partial charge is 0.490 e. The maximum Gasteiger partial charge on any atom is 0.337 e. The first-order valence-electron chi connectivity index (χ1n) is 15.0. The van der Waals surface area contributed by atoms with Crippen LogP contribution in [0.1, 0.15) is 36.6 Å². The number of nitrogens with zero attached hydrogens (tertiary/aromatic N) is 1. The number of hydrazone groups is 1. The first-order chi connectivity index (χ1) is 23.2. The molecule has 2 atom stereocenters. The Hall–Kier alpha value is -4.59. The molecule has 0 aliphatic carbocycles. The molecule has 1 aliphatic rings. The number of carbonyl (C=O) groups is 2. The number of urea groups is 1. The lowest BCUT2D eigenvalue weighted by Gasteiger charge is -2.28. The normalized spacial score (nSPS) is 15.1. The number of esters is 1. The second kappa shape index (κ2) is 16.0. The third kappa shape index (κ3) is 8.27. The molecule has 0 bridgehead atoms. The highest BCUT2D eigenvalue weighted by atomic mass is 79.9. The Morgan fingerprint density at radius 2 is 1.83 bits per heavy atom. The molecule has 48 heavy (non-hydrogen) atoms. The number of rotatable bonds is 13. The maximum absolute atomic E-state index is 12.5. The van der Waals surface area contributed by atoms with Crippen molar-refractivity contribution in [3.63, 3.8) is 0 Å². The fourth-order valence-corrected chi connectivity index (χ4v) is 6.58. The van der Waals surface area contributed by atoms with Crippen molar-refractivity contribution in [2.24, 2.45) is 5.10 Å². The molecule has 4 aromatic carbocycles. The number of amides is 2. The molecule has 1 heterocycles. The lowest BCUT2D eigenvalue weighted by molar-refractivity contribution is -0.136. The van der Waals surface area contributed by atoms with Gasteiger partial charge in [0.15, 0.2) is 17.7 Å². The number of aliphatic hydroxyl groups is 1. The Morgan fingerprint density at radius 3 is 2.62 bits per heavy atom. The predicted octanol–water partition coefficient (Wildman–Crippen LogP) is 6.46. The standard InChI is InChI=1S/C35H34Br2N4O7/c1-4-46-29-15-22(32-31(34(43)45-3)20(2)39-35(44)40-32)12-13-28(29)47-19-30(42)41-38-17-24-14-25(36)16-27(37)33(24)48-18-23-10-7-9-21-8-5-6-11-26(21)23/h5-17,30,32,41-42H,4,18-19H2,1-3H3,(H2,39,40,44)/b38-17+/t30-,32+/m0/s1. The van der Waals surface area contributed by atoms with Crippen molar-refractivity contribution in [2.45, 2.75) is 32.7 Å². The van der Waals surface area contributed by atoms with Crippen LogP contribution in [0.4, 0.5) is 4.79 Å². The Kier molecular flexibility index (Phi) is 11.6. The fraction of sp³-hybridized carbons (Fsp3) is 0.229. The number of aliphatic hydroxyl groups excluding tert-OH is 1. The van der Waals surface area contributed by atoms with E-state index in [1.54, 1.807) is 31.3 Å². The number of carbonyl (C=O) groups excluding carboxylic acids is 2. The number of benzene rings is 4. The summed E-state index contributed by atoms with van der Waals surface area (Å²) in [4.78, 5) is 24.7. The number of fused-ring (bicyclic) bond motifs is 1. The zero-order chi connectivity index (χ0) is 34.2. The molecular weight excluding hydrogens is 748 g/mol. The number of ether oxygens (including phenoxy) is 4. The zero-order valence-electron chi connectivity index (χ0n) is 26.4. The predicted molar refractivity (Wildman–Crippen MR) is 189 cm³/mol. The summed E-state index contributed by atoms with van der Waals surface area (Å²) in [6.45, 7) is 3.95. The van der Waals surface area contributed by atoms with Crippen molar-refractivity contribution in [3.05, 3.63) is 110 Å². The molecule has 0 aromatic heterocycles. The van der Waals surface area contributed by atoms with E-state index in [0.29, 0.717) is 47.3 Å². The highest BCUT2D eigenvalue weighted by Gasteiger charge is 2.32. The van der Waals surface area contributed by atoms with Gasteiger partial charge < -0.3 is 34.7 Å². The molecule has 0 saturated heterocycles. The summed E-state index contributed by atoms with van der Waals surface area (Å²) in [5.74, 6) is 0.740. The topological polar surface area (TPSA) is 140 Å². The summed E-state index contributed by atoms with van der Waals surface area (Å²) in [7, 11) is 1.28. The third-order valence-electron chi connectivity index (χ3n) is 7.39. The highest BCUT2D eigenvalue weighted by molar-refractivity contribution is 9.11. The number of methoxy groups -OCH3 is 1. The minimum Gasteiger partial charge on any atom is -0.490 e. The molecule has 4 N–H and O–H groups in total. The lowest BCUT2D eigenvalue weighted by atomic mass is 9.95. The Morgan fingerprint density at radius 1 is 1.04 bits per heavy atom. The number of hydrogen-bond donors (Lipinski definition) is 4. The quantitative estimate of drug-likeness (QED) is 0.0525. The molecule has 0 radical (unpaired) electrons. The third-order valence-corrected chi connectivity index (χ3v) is 8.44. The van der Waals surface area contributed by atoms with Gasteiger partial charge in [0.1, 0.15) is 19.0 Å². The molecule has 0 fully saturated rings. The molecule has 1 aliphatic heterocycles. The zero-order valence-corrected chi connectivity index (χ0v) is 29.6. The van der Waals surface area contributed by atoms with Crippen LogP contribution in [0.2, 0.25) is 0 Å². The summed E-state index contributed by atoms with van der Waals surface area (Å²) in [6, 6.07) is 21.8. The van der Waals surface area contributed by atoms with Gasteiger partial charge in [0.05, 0.1) is 36.0 Å². The Labute approximate surface area is 294 Å². The van der Waals surface area contributed by atoms with E-state index in [1.165, 1.54) is 7.11 Å². The van der Waals surface area contributed by atoms with Crippen LogP contribution in [0.25, 0.3) is 10.8 Å². The Bertz CT molecular complexity index is 1880. The molecule has 0 unspecified atom stereocenters. The van der Waals surface area contributed by atoms with Crippen LogP contribution in [0.15, 0.2) is 98.1 Å². The highest BCUT2D eigenvalue weighted by Crippen LogP contribution is 2.35. The van der Waals surface area contributed by atoms with E-state index < -0.39 is 24.3 Å². The van der Waals surface area contributed by atoms with E-state index >= 15 is 0 Å². The van der Waals surface area contributed by atoms with Gasteiger partial charge >= 0.3 is 12.0 Å². The lowest BCUT2D eigenvalue weighted by Crippen LogP contribution is -2.45. The number of allylic oxidation sites excluding steroid dienone is 1. The van der Waals surface area contributed by atoms with E-state index in [-0.39, 0.29) is 12.2 Å². The van der Waals surface area contributed by atoms with Crippen molar-refractivity contribution < 1.29 is 33.6 Å². The van der Waals surface area contributed by atoms with Gasteiger partial charge in [-0.2, -0.15) is 5.10 Å². The number of hydrogen-bond acceptors (Lipinski definition) is 9. The molecule has 5 rings (SSSR count). The molecule has 0 saturated carbocycles. The molecule has 2 amide bonds. The van der Waals surface area contributed by atoms with Crippen molar-refractivity contribution in [1.82, 2.24) is 16.1 Å². The minimum atomic E-state index is -1.17. The number of nitrogens with one attached hydrogen (secondary N) is 3. The monoisotopic (exact) mass is 780 g/mol. The molecule has 4 aromatic rings. The van der Waals surface area contributed by atoms with Gasteiger partial charge in [-0.1, -0.05) is 64.5 Å². The first kappa shape index (κ1) is 34.7. The van der Waals surface area contributed by atoms with Gasteiger partial charge in [-0.05, 0) is 75.9 Å². The van der Waals surface area contributed by atoms with Crippen LogP contribution >= 0.6 is 31.9 Å². The van der Waals surface area contributed by atoms with Crippen LogP contribution in [0, 0.1) is 0 Å². The minimum absolute atomic E-state index is 0.167. The maximum atomic E-state index is 12.5. The Balaban J connectivity index is 1.25. The van der Waals surface area contributed by atoms with E-state index in [1.807, 2.05) is 43.3 Å². The fourth-order valence-electron chi connectivity index (χ4n) is 5.21. The van der Waals surface area contributed by atoms with E-state index in [4.69, 9.17) is 18.9 Å². The average molecular weight is 782 g/mol. The van der Waals surface area contributed by atoms with Gasteiger partial charge in [0.25, 0.3) is 0 Å². The second-order valence-electron chi connectivity index (χ2n) is 10.6. The van der Waals surface area contributed by atoms with Gasteiger partial charge in [0.2, 0.25) is 0 Å². The molecule has 250 valence electrons. The van der Waals surface area contributed by atoms with Crippen LogP contribution in [-0.4, -0.2) is 49.9 Å². The summed E-state index contributed by atoms with van der Waals surface area (Å²) in [5.41, 5.74) is 5.64. The first-order valence-corrected chi connectivity index (χ1v) is 16.6. The van der Waals surface area contributed by atoms with Crippen molar-refractivity contribution in [3.8, 4) is 17.2 Å². The van der Waals surface area contributed by atoms with E-state index in [2.05, 4.69) is 71.2 Å². The van der Waals surface area contributed by atoms with Crippen molar-refractivity contribution >= 4 is 60.8 Å².